The third-order valence-electron chi connectivity index (χ3n) is 4.49. The van der Waals surface area contributed by atoms with Gasteiger partial charge in [0.2, 0.25) is 0 Å². The van der Waals surface area contributed by atoms with Gasteiger partial charge in [-0.05, 0) is 50.4 Å². The Morgan fingerprint density at radius 3 is 2.58 bits per heavy atom. The summed E-state index contributed by atoms with van der Waals surface area (Å²) in [4.78, 5) is 2.53. The van der Waals surface area contributed by atoms with Crippen LogP contribution >= 0.6 is 0 Å². The molecule has 1 aliphatic rings. The van der Waals surface area contributed by atoms with Crippen LogP contribution in [-0.4, -0.2) is 31.1 Å². The van der Waals surface area contributed by atoms with Gasteiger partial charge in [-0.1, -0.05) is 31.0 Å². The van der Waals surface area contributed by atoms with Gasteiger partial charge >= 0.3 is 0 Å². The van der Waals surface area contributed by atoms with Crippen LogP contribution in [0.2, 0.25) is 0 Å². The molecule has 106 valence electrons. The average Bonchev–Trinajstić information content (AvgIpc) is 2.92. The second-order valence-electron chi connectivity index (χ2n) is 6.01. The lowest BCUT2D eigenvalue weighted by Gasteiger charge is -2.24. The fraction of sp³-hybridized carbons (Fsp3) is 0.647. The van der Waals surface area contributed by atoms with Crippen molar-refractivity contribution in [3.63, 3.8) is 0 Å². The number of rotatable bonds is 6. The van der Waals surface area contributed by atoms with Gasteiger partial charge in [-0.2, -0.15) is 0 Å². The standard InChI is InChI=1S/C17H28N2/c1-14-8-9-16(12-15(14)2)13-18-10-11-19(3)17-6-4-5-7-17/h8-9,12,17-18H,4-7,10-11,13H2,1-3H3. The van der Waals surface area contributed by atoms with Crippen LogP contribution in [0.15, 0.2) is 18.2 Å². The Bertz CT molecular complexity index is 394. The second kappa shape index (κ2) is 7.06. The number of benzene rings is 1. The summed E-state index contributed by atoms with van der Waals surface area (Å²) in [5.74, 6) is 0. The Balaban J connectivity index is 1.67. The van der Waals surface area contributed by atoms with Crippen molar-refractivity contribution in [3.8, 4) is 0 Å². The molecule has 2 rings (SSSR count). The minimum atomic E-state index is 0.836. The zero-order valence-electron chi connectivity index (χ0n) is 12.7. The lowest BCUT2D eigenvalue weighted by Crippen LogP contribution is -2.35. The summed E-state index contributed by atoms with van der Waals surface area (Å²) in [6.07, 6.45) is 5.64. The van der Waals surface area contributed by atoms with Gasteiger partial charge in [-0.3, -0.25) is 0 Å². The molecule has 19 heavy (non-hydrogen) atoms. The second-order valence-corrected chi connectivity index (χ2v) is 6.01. The largest absolute Gasteiger partial charge is 0.311 e. The normalized spacial score (nSPS) is 16.4. The summed E-state index contributed by atoms with van der Waals surface area (Å²) in [5, 5.41) is 3.56. The summed E-state index contributed by atoms with van der Waals surface area (Å²) < 4.78 is 0. The van der Waals surface area contributed by atoms with Gasteiger partial charge in [-0.15, -0.1) is 0 Å². The van der Waals surface area contributed by atoms with E-state index in [4.69, 9.17) is 0 Å². The van der Waals surface area contributed by atoms with Crippen LogP contribution in [0.25, 0.3) is 0 Å². The number of hydrogen-bond acceptors (Lipinski definition) is 2. The summed E-state index contributed by atoms with van der Waals surface area (Å²) >= 11 is 0. The highest BCUT2D eigenvalue weighted by Crippen LogP contribution is 2.21. The Hall–Kier alpha value is -0.860. The van der Waals surface area contributed by atoms with Gasteiger partial charge in [0, 0.05) is 25.7 Å². The van der Waals surface area contributed by atoms with Gasteiger partial charge in [0.25, 0.3) is 0 Å². The Labute approximate surface area is 118 Å². The molecular weight excluding hydrogens is 232 g/mol. The molecule has 1 fully saturated rings. The van der Waals surface area contributed by atoms with Crippen LogP contribution in [0.1, 0.15) is 42.4 Å². The molecule has 0 aromatic heterocycles. The predicted octanol–water partition coefficient (Wildman–Crippen LogP) is 3.27. The summed E-state index contributed by atoms with van der Waals surface area (Å²) in [6.45, 7) is 7.59. The van der Waals surface area contributed by atoms with Crippen molar-refractivity contribution in [2.24, 2.45) is 0 Å². The van der Waals surface area contributed by atoms with E-state index in [1.807, 2.05) is 0 Å². The highest BCUT2D eigenvalue weighted by molar-refractivity contribution is 5.29. The van der Waals surface area contributed by atoms with Gasteiger partial charge < -0.3 is 10.2 Å². The van der Waals surface area contributed by atoms with Gasteiger partial charge in [-0.25, -0.2) is 0 Å². The van der Waals surface area contributed by atoms with Crippen molar-refractivity contribution in [1.29, 1.82) is 0 Å². The number of nitrogens with one attached hydrogen (secondary N) is 1. The highest BCUT2D eigenvalue weighted by Gasteiger charge is 2.18. The van der Waals surface area contributed by atoms with Crippen molar-refractivity contribution < 1.29 is 0 Å². The number of hydrogen-bond donors (Lipinski definition) is 1. The van der Waals surface area contributed by atoms with E-state index in [1.54, 1.807) is 0 Å². The minimum Gasteiger partial charge on any atom is -0.311 e. The number of aryl methyl sites for hydroxylation is 2. The maximum Gasteiger partial charge on any atom is 0.0206 e. The molecule has 0 spiro atoms. The molecule has 0 unspecified atom stereocenters. The van der Waals surface area contributed by atoms with Crippen molar-refractivity contribution in [2.75, 3.05) is 20.1 Å². The molecular formula is C17H28N2. The molecule has 1 aromatic rings. The molecule has 0 saturated heterocycles. The first-order valence-electron chi connectivity index (χ1n) is 7.64. The summed E-state index contributed by atoms with van der Waals surface area (Å²) in [5.41, 5.74) is 4.17. The third-order valence-corrected chi connectivity index (χ3v) is 4.49. The topological polar surface area (TPSA) is 15.3 Å². The van der Waals surface area contributed by atoms with E-state index in [2.05, 4.69) is 49.3 Å². The molecule has 0 atom stereocenters. The van der Waals surface area contributed by atoms with Crippen molar-refractivity contribution >= 4 is 0 Å². The summed E-state index contributed by atoms with van der Waals surface area (Å²) in [6, 6.07) is 7.58. The molecule has 0 aliphatic heterocycles. The predicted molar refractivity (Wildman–Crippen MR) is 82.5 cm³/mol. The van der Waals surface area contributed by atoms with E-state index in [-0.39, 0.29) is 0 Å². The van der Waals surface area contributed by atoms with E-state index < -0.39 is 0 Å². The van der Waals surface area contributed by atoms with Crippen LogP contribution < -0.4 is 5.32 Å². The first-order chi connectivity index (χ1) is 9.16. The quantitative estimate of drug-likeness (QED) is 0.790. The molecule has 1 N–H and O–H groups in total. The van der Waals surface area contributed by atoms with E-state index in [1.165, 1.54) is 42.4 Å². The third kappa shape index (κ3) is 4.32. The van der Waals surface area contributed by atoms with Crippen LogP contribution in [0.5, 0.6) is 0 Å². The van der Waals surface area contributed by atoms with Gasteiger partial charge in [0.15, 0.2) is 0 Å². The lowest BCUT2D eigenvalue weighted by molar-refractivity contribution is 0.245. The zero-order chi connectivity index (χ0) is 13.7. The fourth-order valence-corrected chi connectivity index (χ4v) is 2.93. The molecule has 0 bridgehead atoms. The van der Waals surface area contributed by atoms with Crippen molar-refractivity contribution in [2.45, 2.75) is 52.1 Å². The zero-order valence-corrected chi connectivity index (χ0v) is 12.7. The fourth-order valence-electron chi connectivity index (χ4n) is 2.93. The highest BCUT2D eigenvalue weighted by atomic mass is 15.1. The molecule has 2 nitrogen and oxygen atoms in total. The minimum absolute atomic E-state index is 0.836. The smallest absolute Gasteiger partial charge is 0.0206 e. The van der Waals surface area contributed by atoms with E-state index in [0.717, 1.165) is 25.7 Å². The monoisotopic (exact) mass is 260 g/mol. The molecule has 1 aromatic carbocycles. The SMILES string of the molecule is Cc1ccc(CNCCN(C)C2CCCC2)cc1C. The number of likely N-dealkylation sites (N-methyl/N-ethyl adjacent to an activating group) is 1. The van der Waals surface area contributed by atoms with Crippen LogP contribution in [0, 0.1) is 13.8 Å². The maximum absolute atomic E-state index is 3.56. The molecule has 2 heteroatoms. The van der Waals surface area contributed by atoms with Gasteiger partial charge in [0.1, 0.15) is 0 Å². The van der Waals surface area contributed by atoms with E-state index in [0.29, 0.717) is 0 Å². The maximum atomic E-state index is 3.56. The average molecular weight is 260 g/mol. The van der Waals surface area contributed by atoms with Crippen LogP contribution in [0.3, 0.4) is 0 Å². The van der Waals surface area contributed by atoms with E-state index >= 15 is 0 Å². The van der Waals surface area contributed by atoms with Gasteiger partial charge in [0.05, 0.1) is 0 Å². The Morgan fingerprint density at radius 1 is 1.16 bits per heavy atom. The van der Waals surface area contributed by atoms with Crippen molar-refractivity contribution in [3.05, 3.63) is 34.9 Å². The molecule has 0 radical (unpaired) electrons. The number of nitrogens with zero attached hydrogens (tertiary/aromatic N) is 1. The van der Waals surface area contributed by atoms with Crippen LogP contribution in [-0.2, 0) is 6.54 Å². The lowest BCUT2D eigenvalue weighted by atomic mass is 10.1. The van der Waals surface area contributed by atoms with Crippen LogP contribution in [0.4, 0.5) is 0 Å². The molecule has 0 heterocycles. The molecule has 0 amide bonds. The molecule has 1 saturated carbocycles. The molecule has 1 aliphatic carbocycles. The Morgan fingerprint density at radius 2 is 1.89 bits per heavy atom. The van der Waals surface area contributed by atoms with E-state index in [9.17, 15) is 0 Å². The summed E-state index contributed by atoms with van der Waals surface area (Å²) in [7, 11) is 2.27. The van der Waals surface area contributed by atoms with Crippen molar-refractivity contribution in [1.82, 2.24) is 10.2 Å². The Kier molecular flexibility index (Phi) is 5.41. The first-order valence-corrected chi connectivity index (χ1v) is 7.64. The first kappa shape index (κ1) is 14.5.